The van der Waals surface area contributed by atoms with Crippen LogP contribution < -0.4 is 5.32 Å². The normalized spacial score (nSPS) is 23.7. The molecule has 2 atom stereocenters. The maximum Gasteiger partial charge on any atom is 0.246 e. The first-order valence-corrected chi connectivity index (χ1v) is 12.6. The Labute approximate surface area is 197 Å². The zero-order valence-corrected chi connectivity index (χ0v) is 19.9. The Bertz CT molecular complexity index is 1190. The van der Waals surface area contributed by atoms with E-state index in [1.54, 1.807) is 38.1 Å². The summed E-state index contributed by atoms with van der Waals surface area (Å²) in [5.41, 5.74) is 0.721. The van der Waals surface area contributed by atoms with Crippen LogP contribution in [0.4, 0.5) is 4.39 Å². The molecule has 2 aromatic carbocycles. The molecule has 2 saturated heterocycles. The number of nitrogens with zero attached hydrogens (tertiary/aromatic N) is 2. The van der Waals surface area contributed by atoms with Gasteiger partial charge in [-0.15, -0.1) is 0 Å². The van der Waals surface area contributed by atoms with Gasteiger partial charge in [-0.25, -0.2) is 12.8 Å². The van der Waals surface area contributed by atoms with Crippen LogP contribution in [0.5, 0.6) is 0 Å². The number of rotatable bonds is 5. The number of hydrogen-bond donors (Lipinski definition) is 1. The molecule has 176 valence electrons. The molecule has 2 amide bonds. The van der Waals surface area contributed by atoms with Gasteiger partial charge >= 0.3 is 0 Å². The van der Waals surface area contributed by atoms with Gasteiger partial charge in [0.05, 0.1) is 6.54 Å². The molecule has 0 spiro atoms. The van der Waals surface area contributed by atoms with Crippen LogP contribution in [0.25, 0.3) is 0 Å². The lowest BCUT2D eigenvalue weighted by Crippen LogP contribution is -2.80. The molecule has 2 fully saturated rings. The lowest BCUT2D eigenvalue weighted by Gasteiger charge is -2.56. The lowest BCUT2D eigenvalue weighted by molar-refractivity contribution is -0.165. The first-order valence-electron chi connectivity index (χ1n) is 10.7. The second-order valence-electron chi connectivity index (χ2n) is 8.57. The highest BCUT2D eigenvalue weighted by atomic mass is 35.5. The van der Waals surface area contributed by atoms with Crippen LogP contribution in [-0.2, 0) is 25.8 Å². The molecule has 1 N–H and O–H groups in total. The van der Waals surface area contributed by atoms with Crippen LogP contribution in [0.2, 0.25) is 5.02 Å². The quantitative estimate of drug-likeness (QED) is 0.692. The summed E-state index contributed by atoms with van der Waals surface area (Å²) in [6.45, 7) is 3.35. The van der Waals surface area contributed by atoms with Gasteiger partial charge in [-0.2, -0.15) is 0 Å². The number of carbonyl (C=O) groups is 2. The molecule has 0 bridgehead atoms. The van der Waals surface area contributed by atoms with E-state index < -0.39 is 37.5 Å². The minimum atomic E-state index is -4.47. The number of nitrogens with one attached hydrogen (secondary N) is 1. The maximum absolute atomic E-state index is 14.7. The number of halogens is 2. The Kier molecular flexibility index (Phi) is 6.24. The van der Waals surface area contributed by atoms with E-state index in [1.807, 2.05) is 0 Å². The van der Waals surface area contributed by atoms with Gasteiger partial charge in [0.2, 0.25) is 26.6 Å². The topological polar surface area (TPSA) is 86.8 Å². The van der Waals surface area contributed by atoms with Crippen LogP contribution in [-0.4, -0.2) is 60.2 Å². The van der Waals surface area contributed by atoms with Crippen LogP contribution in [0.1, 0.15) is 25.8 Å². The maximum atomic E-state index is 14.7. The Morgan fingerprint density at radius 1 is 1.15 bits per heavy atom. The summed E-state index contributed by atoms with van der Waals surface area (Å²) >= 11 is 5.98. The third-order valence-corrected chi connectivity index (χ3v) is 8.72. The van der Waals surface area contributed by atoms with Crippen molar-refractivity contribution in [1.29, 1.82) is 0 Å². The number of carbonyl (C=O) groups excluding carboxylic acids is 2. The van der Waals surface area contributed by atoms with E-state index in [0.29, 0.717) is 5.02 Å². The van der Waals surface area contributed by atoms with Crippen molar-refractivity contribution < 1.29 is 22.4 Å². The molecule has 33 heavy (non-hydrogen) atoms. The second kappa shape index (κ2) is 8.70. The summed E-state index contributed by atoms with van der Waals surface area (Å²) < 4.78 is 42.7. The van der Waals surface area contributed by atoms with E-state index in [-0.39, 0.29) is 37.9 Å². The highest BCUT2D eigenvalue weighted by Gasteiger charge is 2.62. The number of fused-ring (bicyclic) bond motifs is 1. The van der Waals surface area contributed by atoms with Crippen LogP contribution in [0.15, 0.2) is 53.4 Å². The van der Waals surface area contributed by atoms with Crippen molar-refractivity contribution in [3.05, 3.63) is 64.9 Å². The van der Waals surface area contributed by atoms with Gasteiger partial charge < -0.3 is 4.90 Å². The number of amides is 2. The number of benzene rings is 2. The van der Waals surface area contributed by atoms with E-state index >= 15 is 0 Å². The first-order chi connectivity index (χ1) is 15.6. The van der Waals surface area contributed by atoms with Gasteiger partial charge in [0.15, 0.2) is 0 Å². The van der Waals surface area contributed by atoms with E-state index in [2.05, 4.69) is 5.32 Å². The third kappa shape index (κ3) is 3.92. The van der Waals surface area contributed by atoms with Gasteiger partial charge in [-0.05, 0) is 43.7 Å². The monoisotopic (exact) mass is 493 g/mol. The van der Waals surface area contributed by atoms with Crippen molar-refractivity contribution in [2.45, 2.75) is 48.7 Å². The summed E-state index contributed by atoms with van der Waals surface area (Å²) in [5, 5.41) is 3.51. The Morgan fingerprint density at radius 2 is 1.82 bits per heavy atom. The van der Waals surface area contributed by atoms with Gasteiger partial charge in [-0.3, -0.25) is 19.8 Å². The molecule has 4 rings (SSSR count). The van der Waals surface area contributed by atoms with E-state index in [4.69, 9.17) is 11.6 Å². The molecule has 2 unspecified atom stereocenters. The Balaban J connectivity index is 1.90. The highest BCUT2D eigenvalue weighted by Crippen LogP contribution is 2.38. The molecule has 2 heterocycles. The number of sulfone groups is 1. The summed E-state index contributed by atoms with van der Waals surface area (Å²) in [7, 11) is -4.47. The van der Waals surface area contributed by atoms with Crippen molar-refractivity contribution in [3.63, 3.8) is 0 Å². The summed E-state index contributed by atoms with van der Waals surface area (Å²) in [4.78, 5) is 26.8. The average molecular weight is 494 g/mol. The van der Waals surface area contributed by atoms with Crippen LogP contribution in [0.3, 0.4) is 0 Å². The van der Waals surface area contributed by atoms with Crippen molar-refractivity contribution in [2.24, 2.45) is 0 Å². The van der Waals surface area contributed by atoms with E-state index in [9.17, 15) is 22.4 Å². The molecular formula is C23H25ClFN3O4S. The van der Waals surface area contributed by atoms with Gasteiger partial charge in [0, 0.05) is 30.5 Å². The van der Waals surface area contributed by atoms with E-state index in [1.165, 1.54) is 23.1 Å². The Hall–Kier alpha value is -2.49. The molecular weight excluding hydrogens is 469 g/mol. The van der Waals surface area contributed by atoms with Crippen LogP contribution in [0, 0.1) is 5.82 Å². The van der Waals surface area contributed by atoms with Gasteiger partial charge in [0.1, 0.15) is 16.8 Å². The fraction of sp³-hybridized carbons (Fsp3) is 0.391. The molecule has 0 aromatic heterocycles. The average Bonchev–Trinajstić information content (AvgIpc) is 2.77. The zero-order valence-electron chi connectivity index (χ0n) is 18.3. The largest absolute Gasteiger partial charge is 0.334 e. The van der Waals surface area contributed by atoms with Crippen molar-refractivity contribution >= 4 is 33.3 Å². The zero-order chi connectivity index (χ0) is 24.0. The summed E-state index contributed by atoms with van der Waals surface area (Å²) in [5.74, 6) is -1.73. The van der Waals surface area contributed by atoms with Crippen molar-refractivity contribution in [2.75, 3.05) is 13.1 Å². The lowest BCUT2D eigenvalue weighted by atomic mass is 9.97. The predicted octanol–water partition coefficient (Wildman–Crippen LogP) is 2.59. The third-order valence-electron chi connectivity index (χ3n) is 6.20. The smallest absolute Gasteiger partial charge is 0.246 e. The molecule has 0 saturated carbocycles. The minimum Gasteiger partial charge on any atom is -0.334 e. The first kappa shape index (κ1) is 23.7. The highest BCUT2D eigenvalue weighted by molar-refractivity contribution is 7.92. The fourth-order valence-electron chi connectivity index (χ4n) is 4.55. The van der Waals surface area contributed by atoms with E-state index in [0.717, 1.165) is 16.5 Å². The second-order valence-corrected chi connectivity index (χ2v) is 11.1. The molecule has 10 heteroatoms. The fourth-order valence-corrected chi connectivity index (χ4v) is 6.71. The minimum absolute atomic E-state index is 0.0284. The van der Waals surface area contributed by atoms with Gasteiger partial charge in [0.25, 0.3) is 0 Å². The molecule has 0 aliphatic carbocycles. The standard InChI is InChI=1S/C23H25ClFN3O4S/c1-15(2)27-14-23(33(31,32)20-6-4-3-5-18(20)25)26-12-11-21(29)28(23)19(22(27)30)13-16-7-9-17(24)10-8-16/h3-10,15,19,26H,11-14H2,1-2H3. The summed E-state index contributed by atoms with van der Waals surface area (Å²) in [6, 6.07) is 10.5. The van der Waals surface area contributed by atoms with Crippen molar-refractivity contribution in [1.82, 2.24) is 15.1 Å². The predicted molar refractivity (Wildman–Crippen MR) is 122 cm³/mol. The molecule has 0 radical (unpaired) electrons. The molecule has 2 aliphatic rings. The van der Waals surface area contributed by atoms with Gasteiger partial charge in [-0.1, -0.05) is 35.9 Å². The number of hydrogen-bond acceptors (Lipinski definition) is 5. The SMILES string of the molecule is CC(C)N1CC2(S(=O)(=O)c3ccccc3F)NCCC(=O)N2C(Cc2ccc(Cl)cc2)C1=O. The Morgan fingerprint density at radius 3 is 2.45 bits per heavy atom. The number of piperazine rings is 1. The van der Waals surface area contributed by atoms with Crippen molar-refractivity contribution in [3.8, 4) is 0 Å². The van der Waals surface area contributed by atoms with Crippen LogP contribution >= 0.6 is 11.6 Å². The molecule has 7 nitrogen and oxygen atoms in total. The molecule has 2 aromatic rings. The summed E-state index contributed by atoms with van der Waals surface area (Å²) in [6.07, 6.45) is 0.127. The molecule has 2 aliphatic heterocycles.